The molecule has 1 aromatic rings. The summed E-state index contributed by atoms with van der Waals surface area (Å²) in [5, 5.41) is 0. The standard InChI is InChI=1S/C19H19N3O/c23-15-7-8-16-19(9-1-2-10-19)14-6-3-5-13(14)17(15)22(16)18-20-11-4-12-21-18/h3-4,6-8,11-12,16-17H,1-2,5,9-10H2/t16-,17-/m1/s1. The fraction of sp³-hybridized carbons (Fsp3) is 0.421. The number of ketones is 1. The first kappa shape index (κ1) is 13.2. The van der Waals surface area contributed by atoms with Crippen LogP contribution in [0, 0.1) is 5.41 Å². The monoisotopic (exact) mass is 305 g/mol. The molecular formula is C19H19N3O. The molecule has 1 fully saturated rings. The van der Waals surface area contributed by atoms with Crippen LogP contribution in [0.3, 0.4) is 0 Å². The molecule has 4 heteroatoms. The van der Waals surface area contributed by atoms with Crippen molar-refractivity contribution in [3.8, 4) is 0 Å². The van der Waals surface area contributed by atoms with E-state index in [9.17, 15) is 4.79 Å². The van der Waals surface area contributed by atoms with E-state index >= 15 is 0 Å². The van der Waals surface area contributed by atoms with Crippen LogP contribution >= 0.6 is 0 Å². The summed E-state index contributed by atoms with van der Waals surface area (Å²) in [5.74, 6) is 0.850. The van der Waals surface area contributed by atoms with Crippen LogP contribution in [0.1, 0.15) is 32.1 Å². The van der Waals surface area contributed by atoms with Gasteiger partial charge in [0.25, 0.3) is 0 Å². The first-order chi connectivity index (χ1) is 11.3. The van der Waals surface area contributed by atoms with Crippen LogP contribution < -0.4 is 4.90 Å². The van der Waals surface area contributed by atoms with Crippen molar-refractivity contribution in [2.75, 3.05) is 4.90 Å². The molecule has 1 aromatic heterocycles. The zero-order chi connectivity index (χ0) is 15.4. The molecule has 1 saturated carbocycles. The largest absolute Gasteiger partial charge is 0.319 e. The molecule has 3 heterocycles. The molecule has 0 amide bonds. The van der Waals surface area contributed by atoms with Gasteiger partial charge in [0.1, 0.15) is 6.04 Å². The molecule has 5 rings (SSSR count). The number of nitrogens with zero attached hydrogens (tertiary/aromatic N) is 3. The molecule has 2 aliphatic carbocycles. The van der Waals surface area contributed by atoms with Gasteiger partial charge in [0.15, 0.2) is 5.78 Å². The average molecular weight is 305 g/mol. The van der Waals surface area contributed by atoms with E-state index in [4.69, 9.17) is 0 Å². The predicted octanol–water partition coefficient (Wildman–Crippen LogP) is 2.99. The highest BCUT2D eigenvalue weighted by atomic mass is 16.1. The molecule has 4 aliphatic rings. The number of rotatable bonds is 1. The van der Waals surface area contributed by atoms with Gasteiger partial charge in [-0.3, -0.25) is 4.79 Å². The first-order valence-corrected chi connectivity index (χ1v) is 8.49. The maximum absolute atomic E-state index is 12.7. The van der Waals surface area contributed by atoms with Gasteiger partial charge in [-0.1, -0.05) is 31.1 Å². The summed E-state index contributed by atoms with van der Waals surface area (Å²) >= 11 is 0. The summed E-state index contributed by atoms with van der Waals surface area (Å²) in [5.41, 5.74) is 2.86. The number of fused-ring (bicyclic) bond motifs is 5. The molecule has 23 heavy (non-hydrogen) atoms. The molecule has 0 saturated heterocycles. The summed E-state index contributed by atoms with van der Waals surface area (Å²) in [6.45, 7) is 0. The topological polar surface area (TPSA) is 46.1 Å². The number of carbonyl (C=O) groups excluding carboxylic acids is 1. The van der Waals surface area contributed by atoms with E-state index in [-0.39, 0.29) is 23.3 Å². The number of hydrogen-bond acceptors (Lipinski definition) is 4. The Morgan fingerprint density at radius 3 is 2.70 bits per heavy atom. The molecule has 2 atom stereocenters. The normalized spacial score (nSPS) is 30.4. The molecule has 116 valence electrons. The Hall–Kier alpha value is -2.23. The molecule has 2 aliphatic heterocycles. The van der Waals surface area contributed by atoms with Crippen LogP contribution in [0.15, 0.2) is 53.9 Å². The minimum Gasteiger partial charge on any atom is -0.319 e. The predicted molar refractivity (Wildman–Crippen MR) is 87.9 cm³/mol. The first-order valence-electron chi connectivity index (χ1n) is 8.49. The highest BCUT2D eigenvalue weighted by molar-refractivity contribution is 6.01. The molecular weight excluding hydrogens is 286 g/mol. The lowest BCUT2D eigenvalue weighted by Crippen LogP contribution is -2.60. The third kappa shape index (κ3) is 1.64. The molecule has 0 aromatic carbocycles. The average Bonchev–Trinajstić information content (AvgIpc) is 3.24. The summed E-state index contributed by atoms with van der Waals surface area (Å²) in [7, 11) is 0. The van der Waals surface area contributed by atoms with Gasteiger partial charge in [-0.2, -0.15) is 0 Å². The summed E-state index contributed by atoms with van der Waals surface area (Å²) in [4.78, 5) is 23.8. The van der Waals surface area contributed by atoms with Crippen molar-refractivity contribution < 1.29 is 4.79 Å². The van der Waals surface area contributed by atoms with Crippen molar-refractivity contribution in [2.45, 2.75) is 44.2 Å². The van der Waals surface area contributed by atoms with E-state index in [1.165, 1.54) is 36.8 Å². The van der Waals surface area contributed by atoms with Gasteiger partial charge >= 0.3 is 0 Å². The third-order valence-electron chi connectivity index (χ3n) is 5.97. The van der Waals surface area contributed by atoms with Crippen LogP contribution in [0.4, 0.5) is 5.95 Å². The molecule has 0 unspecified atom stereocenters. The number of aromatic nitrogens is 2. The SMILES string of the molecule is O=C1C=C[C@H]2N(c3ncccn3)[C@@H]1C1=C(C=CC1)C21CCCC1. The fourth-order valence-electron chi connectivity index (χ4n) is 5.12. The van der Waals surface area contributed by atoms with Gasteiger partial charge in [-0.25, -0.2) is 9.97 Å². The fourth-order valence-corrected chi connectivity index (χ4v) is 5.12. The van der Waals surface area contributed by atoms with Gasteiger partial charge < -0.3 is 4.90 Å². The number of anilines is 1. The zero-order valence-electron chi connectivity index (χ0n) is 13.0. The lowest BCUT2D eigenvalue weighted by Gasteiger charge is -2.53. The number of hydrogen-bond donors (Lipinski definition) is 0. The summed E-state index contributed by atoms with van der Waals surface area (Å²) < 4.78 is 0. The highest BCUT2D eigenvalue weighted by Crippen LogP contribution is 2.57. The maximum atomic E-state index is 12.7. The Balaban J connectivity index is 1.75. The van der Waals surface area contributed by atoms with Crippen LogP contribution in [-0.2, 0) is 4.79 Å². The molecule has 0 N–H and O–H groups in total. The van der Waals surface area contributed by atoms with Gasteiger partial charge in [0.2, 0.25) is 5.95 Å². The third-order valence-corrected chi connectivity index (χ3v) is 5.97. The Bertz CT molecular complexity index is 756. The van der Waals surface area contributed by atoms with Crippen LogP contribution in [-0.4, -0.2) is 27.8 Å². The van der Waals surface area contributed by atoms with E-state index in [0.717, 1.165) is 6.42 Å². The van der Waals surface area contributed by atoms with E-state index in [1.54, 1.807) is 18.5 Å². The van der Waals surface area contributed by atoms with Gasteiger partial charge in [0.05, 0.1) is 6.04 Å². The zero-order valence-corrected chi connectivity index (χ0v) is 13.0. The van der Waals surface area contributed by atoms with Gasteiger partial charge in [0, 0.05) is 17.8 Å². The highest BCUT2D eigenvalue weighted by Gasteiger charge is 2.55. The maximum Gasteiger partial charge on any atom is 0.226 e. The smallest absolute Gasteiger partial charge is 0.226 e. The second-order valence-electron chi connectivity index (χ2n) is 6.97. The molecule has 4 nitrogen and oxygen atoms in total. The van der Waals surface area contributed by atoms with Gasteiger partial charge in [-0.05, 0) is 42.6 Å². The Morgan fingerprint density at radius 1 is 1.13 bits per heavy atom. The van der Waals surface area contributed by atoms with E-state index in [0.29, 0.717) is 5.95 Å². The number of carbonyl (C=O) groups is 1. The van der Waals surface area contributed by atoms with Crippen molar-refractivity contribution in [3.05, 3.63) is 53.9 Å². The van der Waals surface area contributed by atoms with E-state index < -0.39 is 0 Å². The van der Waals surface area contributed by atoms with Gasteiger partial charge in [-0.15, -0.1) is 0 Å². The second-order valence-corrected chi connectivity index (χ2v) is 6.97. The lowest BCUT2D eigenvalue weighted by atomic mass is 9.65. The minimum absolute atomic E-state index is 0.134. The van der Waals surface area contributed by atoms with E-state index in [2.05, 4.69) is 33.1 Å². The number of allylic oxidation sites excluding steroid dienone is 2. The molecule has 0 radical (unpaired) electrons. The van der Waals surface area contributed by atoms with Crippen molar-refractivity contribution >= 4 is 11.7 Å². The van der Waals surface area contributed by atoms with Crippen LogP contribution in [0.2, 0.25) is 0 Å². The minimum atomic E-state index is -0.219. The van der Waals surface area contributed by atoms with Crippen molar-refractivity contribution in [1.29, 1.82) is 0 Å². The van der Waals surface area contributed by atoms with Crippen molar-refractivity contribution in [2.24, 2.45) is 5.41 Å². The van der Waals surface area contributed by atoms with Crippen molar-refractivity contribution in [3.63, 3.8) is 0 Å². The Morgan fingerprint density at radius 2 is 1.91 bits per heavy atom. The summed E-state index contributed by atoms with van der Waals surface area (Å²) in [6, 6.07) is 1.80. The second kappa shape index (κ2) is 4.63. The van der Waals surface area contributed by atoms with Crippen LogP contribution in [0.5, 0.6) is 0 Å². The quantitative estimate of drug-likeness (QED) is 0.800. The Kier molecular flexibility index (Phi) is 2.67. The lowest BCUT2D eigenvalue weighted by molar-refractivity contribution is -0.116. The van der Waals surface area contributed by atoms with Crippen molar-refractivity contribution in [1.82, 2.24) is 9.97 Å². The molecule has 2 bridgehead atoms. The Labute approximate surface area is 135 Å². The summed E-state index contributed by atoms with van der Waals surface area (Å²) in [6.07, 6.45) is 17.7. The molecule has 1 spiro atoms. The van der Waals surface area contributed by atoms with Crippen LogP contribution in [0.25, 0.3) is 0 Å². The van der Waals surface area contributed by atoms with E-state index in [1.807, 2.05) is 6.07 Å².